The first kappa shape index (κ1) is 16.6. The smallest absolute Gasteiger partial charge is 0.303 e. The number of carboxylic acid groups (broad SMARTS) is 1. The molecule has 19 heavy (non-hydrogen) atoms. The van der Waals surface area contributed by atoms with Crippen LogP contribution in [0.2, 0.25) is 0 Å². The minimum Gasteiger partial charge on any atom is -0.481 e. The van der Waals surface area contributed by atoms with Gasteiger partial charge in [-0.2, -0.15) is 4.31 Å². The monoisotopic (exact) mass is 369 g/mol. The lowest BCUT2D eigenvalue weighted by Crippen LogP contribution is -2.37. The Morgan fingerprint density at radius 2 is 2.11 bits per heavy atom. The number of nitrogens with zero attached hydrogens (tertiary/aromatic N) is 1. The highest BCUT2D eigenvalue weighted by Crippen LogP contribution is 2.29. The van der Waals surface area contributed by atoms with Gasteiger partial charge in [0.1, 0.15) is 4.21 Å². The van der Waals surface area contributed by atoms with Crippen molar-refractivity contribution in [3.63, 3.8) is 0 Å². The summed E-state index contributed by atoms with van der Waals surface area (Å²) in [6.07, 6.45) is 0.270. The Balaban J connectivity index is 2.89. The van der Waals surface area contributed by atoms with Gasteiger partial charge >= 0.3 is 5.97 Å². The summed E-state index contributed by atoms with van der Waals surface area (Å²) in [5.41, 5.74) is 0. The van der Waals surface area contributed by atoms with E-state index in [4.69, 9.17) is 5.11 Å². The molecule has 0 saturated heterocycles. The van der Waals surface area contributed by atoms with Crippen LogP contribution in [-0.2, 0) is 14.8 Å². The minimum absolute atomic E-state index is 0.0348. The van der Waals surface area contributed by atoms with Gasteiger partial charge < -0.3 is 5.11 Å². The van der Waals surface area contributed by atoms with Crippen LogP contribution in [0.15, 0.2) is 20.1 Å². The molecule has 1 heterocycles. The van der Waals surface area contributed by atoms with Crippen LogP contribution in [0, 0.1) is 0 Å². The van der Waals surface area contributed by atoms with E-state index in [0.717, 1.165) is 15.1 Å². The van der Waals surface area contributed by atoms with Crippen LogP contribution in [0.5, 0.6) is 0 Å². The summed E-state index contributed by atoms with van der Waals surface area (Å²) in [7, 11) is -3.55. The molecule has 0 aliphatic rings. The summed E-state index contributed by atoms with van der Waals surface area (Å²) in [6, 6.07) is 3.03. The highest BCUT2D eigenvalue weighted by molar-refractivity contribution is 9.11. The minimum atomic E-state index is -3.55. The Labute approximate surface area is 125 Å². The zero-order valence-electron chi connectivity index (χ0n) is 10.7. The van der Waals surface area contributed by atoms with Crippen molar-refractivity contribution in [2.75, 3.05) is 6.54 Å². The van der Waals surface area contributed by atoms with E-state index in [-0.39, 0.29) is 23.2 Å². The van der Waals surface area contributed by atoms with Crippen LogP contribution in [0.3, 0.4) is 0 Å². The molecule has 0 aromatic carbocycles. The van der Waals surface area contributed by atoms with E-state index >= 15 is 0 Å². The third-order valence-corrected chi connectivity index (χ3v) is 6.62. The first-order valence-electron chi connectivity index (χ1n) is 5.74. The lowest BCUT2D eigenvalue weighted by molar-refractivity contribution is -0.137. The second-order valence-electron chi connectivity index (χ2n) is 4.27. The van der Waals surface area contributed by atoms with Gasteiger partial charge in [-0.3, -0.25) is 4.79 Å². The first-order valence-corrected chi connectivity index (χ1v) is 8.79. The van der Waals surface area contributed by atoms with E-state index < -0.39 is 16.0 Å². The fourth-order valence-electron chi connectivity index (χ4n) is 1.59. The fourth-order valence-corrected chi connectivity index (χ4v) is 5.41. The molecule has 0 amide bonds. The molecule has 0 fully saturated rings. The topological polar surface area (TPSA) is 74.7 Å². The van der Waals surface area contributed by atoms with Gasteiger partial charge in [-0.15, -0.1) is 11.3 Å². The molecule has 0 atom stereocenters. The summed E-state index contributed by atoms with van der Waals surface area (Å²) in [5, 5.41) is 8.62. The third kappa shape index (κ3) is 4.55. The summed E-state index contributed by atoms with van der Waals surface area (Å²) in [5.74, 6) is -0.917. The highest BCUT2D eigenvalue weighted by Gasteiger charge is 2.28. The molecular weight excluding hydrogens is 354 g/mol. The van der Waals surface area contributed by atoms with Crippen molar-refractivity contribution in [2.24, 2.45) is 0 Å². The summed E-state index contributed by atoms with van der Waals surface area (Å²) >= 11 is 4.39. The van der Waals surface area contributed by atoms with Gasteiger partial charge in [-0.05, 0) is 48.3 Å². The molecule has 108 valence electrons. The van der Waals surface area contributed by atoms with Crippen molar-refractivity contribution in [1.29, 1.82) is 0 Å². The quantitative estimate of drug-likeness (QED) is 0.801. The second kappa shape index (κ2) is 6.83. The molecule has 1 rings (SSSR count). The zero-order chi connectivity index (χ0) is 14.6. The van der Waals surface area contributed by atoms with Crippen molar-refractivity contribution in [2.45, 2.75) is 36.9 Å². The fraction of sp³-hybridized carbons (Fsp3) is 0.545. The first-order chi connectivity index (χ1) is 8.75. The molecule has 1 aromatic rings. The van der Waals surface area contributed by atoms with Crippen molar-refractivity contribution < 1.29 is 18.3 Å². The van der Waals surface area contributed by atoms with Gasteiger partial charge in [0.25, 0.3) is 10.0 Å². The average Bonchev–Trinajstić information content (AvgIpc) is 2.70. The SMILES string of the molecule is CC(C)N(CCCC(=O)O)S(=O)(=O)c1ccc(Br)s1. The number of thiophene rings is 1. The summed E-state index contributed by atoms with van der Waals surface area (Å²) < 4.78 is 27.2. The van der Waals surface area contributed by atoms with Crippen LogP contribution in [0.4, 0.5) is 0 Å². The van der Waals surface area contributed by atoms with Crippen LogP contribution < -0.4 is 0 Å². The van der Waals surface area contributed by atoms with Crippen LogP contribution in [0.25, 0.3) is 0 Å². The molecule has 0 aliphatic carbocycles. The molecule has 8 heteroatoms. The molecule has 1 aromatic heterocycles. The molecule has 0 radical (unpaired) electrons. The molecule has 0 spiro atoms. The Bertz CT molecular complexity index is 539. The van der Waals surface area contributed by atoms with E-state index in [0.29, 0.717) is 6.42 Å². The van der Waals surface area contributed by atoms with E-state index in [1.807, 2.05) is 0 Å². The molecule has 0 bridgehead atoms. The zero-order valence-corrected chi connectivity index (χ0v) is 13.9. The number of sulfonamides is 1. The van der Waals surface area contributed by atoms with Gasteiger partial charge in [0.05, 0.1) is 3.79 Å². The number of hydrogen-bond donors (Lipinski definition) is 1. The third-order valence-electron chi connectivity index (χ3n) is 2.46. The van der Waals surface area contributed by atoms with Gasteiger partial charge in [0.2, 0.25) is 0 Å². The molecule has 0 unspecified atom stereocenters. The normalized spacial score (nSPS) is 12.3. The summed E-state index contributed by atoms with van der Waals surface area (Å²) in [6.45, 7) is 3.77. The number of carboxylic acids is 1. The maximum atomic E-state index is 12.4. The van der Waals surface area contributed by atoms with Crippen molar-refractivity contribution in [1.82, 2.24) is 4.31 Å². The maximum Gasteiger partial charge on any atom is 0.303 e. The van der Waals surface area contributed by atoms with Gasteiger partial charge in [0, 0.05) is 19.0 Å². The molecule has 0 aliphatic heterocycles. The lowest BCUT2D eigenvalue weighted by atomic mass is 10.3. The molecule has 1 N–H and O–H groups in total. The maximum absolute atomic E-state index is 12.4. The lowest BCUT2D eigenvalue weighted by Gasteiger charge is -2.24. The second-order valence-corrected chi connectivity index (χ2v) is 8.85. The Hall–Kier alpha value is -0.440. The largest absolute Gasteiger partial charge is 0.481 e. The number of aliphatic carboxylic acids is 1. The number of hydrogen-bond acceptors (Lipinski definition) is 4. The van der Waals surface area contributed by atoms with Crippen LogP contribution in [0.1, 0.15) is 26.7 Å². The van der Waals surface area contributed by atoms with Gasteiger partial charge in [-0.25, -0.2) is 8.42 Å². The number of halogens is 1. The molecular formula is C11H16BrNO4S2. The van der Waals surface area contributed by atoms with Gasteiger partial charge in [-0.1, -0.05) is 0 Å². The van der Waals surface area contributed by atoms with Crippen molar-refractivity contribution in [3.05, 3.63) is 15.9 Å². The number of rotatable bonds is 7. The summed E-state index contributed by atoms with van der Waals surface area (Å²) in [4.78, 5) is 10.5. The highest BCUT2D eigenvalue weighted by atomic mass is 79.9. The Morgan fingerprint density at radius 1 is 1.47 bits per heavy atom. The van der Waals surface area contributed by atoms with E-state index in [1.165, 1.54) is 4.31 Å². The average molecular weight is 370 g/mol. The van der Waals surface area contributed by atoms with E-state index in [2.05, 4.69) is 15.9 Å². The van der Waals surface area contributed by atoms with E-state index in [9.17, 15) is 13.2 Å². The van der Waals surface area contributed by atoms with Crippen molar-refractivity contribution >= 4 is 43.3 Å². The molecule has 5 nitrogen and oxygen atoms in total. The van der Waals surface area contributed by atoms with E-state index in [1.54, 1.807) is 26.0 Å². The predicted molar refractivity (Wildman–Crippen MR) is 77.9 cm³/mol. The Morgan fingerprint density at radius 3 is 2.53 bits per heavy atom. The number of carbonyl (C=O) groups is 1. The van der Waals surface area contributed by atoms with Crippen LogP contribution in [-0.4, -0.2) is 36.4 Å². The standard InChI is InChI=1S/C11H16BrNO4S2/c1-8(2)13(7-3-4-10(14)15)19(16,17)11-6-5-9(12)18-11/h5-6,8H,3-4,7H2,1-2H3,(H,14,15). The molecule has 0 saturated carbocycles. The van der Waals surface area contributed by atoms with Gasteiger partial charge in [0.15, 0.2) is 0 Å². The predicted octanol–water partition coefficient (Wildman–Crippen LogP) is 2.77. The van der Waals surface area contributed by atoms with Crippen LogP contribution >= 0.6 is 27.3 Å². The Kier molecular flexibility index (Phi) is 5.97. The van der Waals surface area contributed by atoms with Crippen molar-refractivity contribution in [3.8, 4) is 0 Å².